The molecule has 0 bridgehead atoms. The lowest BCUT2D eigenvalue weighted by Gasteiger charge is -2.18. The van der Waals surface area contributed by atoms with Gasteiger partial charge in [-0.15, -0.1) is 0 Å². The Morgan fingerprint density at radius 3 is 2.60 bits per heavy atom. The zero-order valence-electron chi connectivity index (χ0n) is 15.9. The number of rotatable bonds is 5. The summed E-state index contributed by atoms with van der Waals surface area (Å²) < 4.78 is 31.8. The van der Waals surface area contributed by atoms with E-state index >= 15 is 0 Å². The molecular formula is C19H17NO10. The molecule has 2 fully saturated rings. The fourth-order valence-corrected chi connectivity index (χ4v) is 3.21. The molecule has 3 heterocycles. The van der Waals surface area contributed by atoms with Gasteiger partial charge in [-0.2, -0.15) is 0 Å². The van der Waals surface area contributed by atoms with Gasteiger partial charge in [-0.05, 0) is 18.2 Å². The van der Waals surface area contributed by atoms with Gasteiger partial charge < -0.3 is 33.4 Å². The molecule has 1 aromatic heterocycles. The summed E-state index contributed by atoms with van der Waals surface area (Å²) in [6.45, 7) is 2.40. The van der Waals surface area contributed by atoms with Crippen LogP contribution in [0.3, 0.4) is 0 Å². The van der Waals surface area contributed by atoms with Crippen molar-refractivity contribution in [3.05, 3.63) is 34.7 Å². The minimum atomic E-state index is -1.02. The number of fused-ring (bicyclic) bond motifs is 2. The van der Waals surface area contributed by atoms with Crippen molar-refractivity contribution in [2.75, 3.05) is 11.9 Å². The van der Waals surface area contributed by atoms with E-state index in [0.29, 0.717) is 5.39 Å². The lowest BCUT2D eigenvalue weighted by Crippen LogP contribution is -2.33. The highest BCUT2D eigenvalue weighted by Gasteiger charge is 2.56. The smallest absolute Gasteiger partial charge is 0.463 e. The summed E-state index contributed by atoms with van der Waals surface area (Å²) in [5, 5.41) is 2.95. The van der Waals surface area contributed by atoms with Crippen LogP contribution in [0.15, 0.2) is 33.5 Å². The van der Waals surface area contributed by atoms with Gasteiger partial charge in [-0.1, -0.05) is 0 Å². The van der Waals surface area contributed by atoms with Crippen LogP contribution in [0, 0.1) is 0 Å². The highest BCUT2D eigenvalue weighted by atomic mass is 16.8. The number of nitrogens with one attached hydrogen (secondary N) is 1. The molecule has 0 aliphatic carbocycles. The molecule has 11 heteroatoms. The Labute approximate surface area is 168 Å². The van der Waals surface area contributed by atoms with Gasteiger partial charge in [-0.25, -0.2) is 9.59 Å². The first-order chi connectivity index (χ1) is 14.3. The third-order valence-corrected chi connectivity index (χ3v) is 4.45. The first-order valence-electron chi connectivity index (χ1n) is 8.98. The van der Waals surface area contributed by atoms with Crippen molar-refractivity contribution in [3.63, 3.8) is 0 Å². The van der Waals surface area contributed by atoms with Crippen molar-refractivity contribution in [2.45, 2.75) is 38.4 Å². The van der Waals surface area contributed by atoms with Gasteiger partial charge >= 0.3 is 17.8 Å². The summed E-state index contributed by atoms with van der Waals surface area (Å²) in [7, 11) is 0. The Balaban J connectivity index is 1.54. The van der Waals surface area contributed by atoms with E-state index < -0.39 is 48.3 Å². The minimum Gasteiger partial charge on any atom is -0.463 e. The fraction of sp³-hybridized carbons (Fsp3) is 0.368. The van der Waals surface area contributed by atoms with Crippen LogP contribution in [0.25, 0.3) is 11.0 Å². The Bertz CT molecular complexity index is 1080. The molecule has 1 N–H and O–H groups in total. The average Bonchev–Trinajstić information content (AvgIpc) is 3.19. The molecule has 1 unspecified atom stereocenters. The molecule has 0 radical (unpaired) electrons. The number of carbonyl (C=O) groups excluding carboxylic acids is 3. The maximum atomic E-state index is 12.0. The molecule has 1 amide bonds. The topological polar surface area (TPSA) is 140 Å². The summed E-state index contributed by atoms with van der Waals surface area (Å²) in [5.41, 5.74) is -0.474. The molecule has 2 aliphatic heterocycles. The van der Waals surface area contributed by atoms with Crippen LogP contribution in [-0.2, 0) is 28.5 Å². The van der Waals surface area contributed by atoms with E-state index in [2.05, 4.69) is 5.32 Å². The zero-order chi connectivity index (χ0) is 21.4. The van der Waals surface area contributed by atoms with Crippen molar-refractivity contribution in [3.8, 4) is 5.75 Å². The van der Waals surface area contributed by atoms with E-state index in [1.165, 1.54) is 26.0 Å². The van der Waals surface area contributed by atoms with Crippen LogP contribution >= 0.6 is 0 Å². The molecule has 158 valence electrons. The van der Waals surface area contributed by atoms with Crippen molar-refractivity contribution >= 4 is 34.7 Å². The zero-order valence-corrected chi connectivity index (χ0v) is 15.9. The monoisotopic (exact) mass is 419 g/mol. The van der Waals surface area contributed by atoms with Gasteiger partial charge in [0.25, 0.3) is 0 Å². The third kappa shape index (κ3) is 3.92. The number of anilines is 1. The number of esters is 1. The molecule has 2 aliphatic rings. The van der Waals surface area contributed by atoms with Crippen LogP contribution in [0.1, 0.15) is 13.8 Å². The molecule has 30 heavy (non-hydrogen) atoms. The maximum Gasteiger partial charge on any atom is 0.509 e. The minimum absolute atomic E-state index is 0.0222. The number of ether oxygens (including phenoxy) is 5. The van der Waals surface area contributed by atoms with Gasteiger partial charge in [-0.3, -0.25) is 9.59 Å². The number of carbonyl (C=O) groups is 3. The Kier molecular flexibility index (Phi) is 5.04. The molecule has 0 spiro atoms. The van der Waals surface area contributed by atoms with E-state index in [4.69, 9.17) is 28.1 Å². The standard InChI is InChI=1S/C19H17NO10/c1-8(21)20-12-5-10-3-4-11(6-13(10)27-17(12)23)26-18-16-15(29-19(24)30-16)14(28-18)7-25-9(2)22/h3-6,14-16,18H,7H2,1-2H3,(H,20,21)/t14-,15?,16+,18-/m1/s1. The second kappa shape index (κ2) is 7.67. The Hall–Kier alpha value is -3.60. The quantitative estimate of drug-likeness (QED) is 0.557. The molecule has 11 nitrogen and oxygen atoms in total. The Morgan fingerprint density at radius 1 is 1.10 bits per heavy atom. The Morgan fingerprint density at radius 2 is 1.87 bits per heavy atom. The molecule has 4 atom stereocenters. The molecule has 1 aromatic carbocycles. The average molecular weight is 419 g/mol. The van der Waals surface area contributed by atoms with Crippen molar-refractivity contribution in [1.29, 1.82) is 0 Å². The van der Waals surface area contributed by atoms with E-state index in [1.807, 2.05) is 0 Å². The van der Waals surface area contributed by atoms with Gasteiger partial charge in [0.15, 0.2) is 6.10 Å². The summed E-state index contributed by atoms with van der Waals surface area (Å²) in [5.74, 6) is -0.628. The second-order valence-corrected chi connectivity index (χ2v) is 6.71. The van der Waals surface area contributed by atoms with Crippen molar-refractivity contribution in [2.24, 2.45) is 0 Å². The lowest BCUT2D eigenvalue weighted by molar-refractivity contribution is -0.154. The SMILES string of the molecule is CC(=O)Nc1cc2ccc(O[C@@H]3O[C@H](COC(C)=O)C4OC(=O)O[C@@H]43)cc2oc1=O. The molecule has 4 rings (SSSR count). The van der Waals surface area contributed by atoms with Crippen LogP contribution in [0.5, 0.6) is 5.75 Å². The third-order valence-electron chi connectivity index (χ3n) is 4.45. The normalized spacial score (nSPS) is 24.7. The van der Waals surface area contributed by atoms with Crippen LogP contribution < -0.4 is 15.7 Å². The van der Waals surface area contributed by atoms with Gasteiger partial charge in [0.2, 0.25) is 18.3 Å². The summed E-state index contributed by atoms with van der Waals surface area (Å²) >= 11 is 0. The van der Waals surface area contributed by atoms with Crippen molar-refractivity contribution < 1.29 is 42.5 Å². The van der Waals surface area contributed by atoms with Gasteiger partial charge in [0.05, 0.1) is 0 Å². The highest BCUT2D eigenvalue weighted by Crippen LogP contribution is 2.34. The van der Waals surface area contributed by atoms with Crippen LogP contribution in [0.2, 0.25) is 0 Å². The van der Waals surface area contributed by atoms with E-state index in [0.717, 1.165) is 0 Å². The van der Waals surface area contributed by atoms with Gasteiger partial charge in [0, 0.05) is 25.3 Å². The van der Waals surface area contributed by atoms with Crippen LogP contribution in [-0.4, -0.2) is 49.2 Å². The fourth-order valence-electron chi connectivity index (χ4n) is 3.21. The lowest BCUT2D eigenvalue weighted by atomic mass is 10.1. The molecular weight excluding hydrogens is 402 g/mol. The first-order valence-corrected chi connectivity index (χ1v) is 8.98. The maximum absolute atomic E-state index is 12.0. The van der Waals surface area contributed by atoms with E-state index in [-0.39, 0.29) is 23.6 Å². The van der Waals surface area contributed by atoms with Crippen molar-refractivity contribution in [1.82, 2.24) is 0 Å². The molecule has 2 aromatic rings. The molecule has 0 saturated carbocycles. The van der Waals surface area contributed by atoms with E-state index in [9.17, 15) is 19.2 Å². The number of hydrogen-bond donors (Lipinski definition) is 1. The number of benzene rings is 1. The van der Waals surface area contributed by atoms with Gasteiger partial charge in [0.1, 0.15) is 29.7 Å². The predicted octanol–water partition coefficient (Wildman–Crippen LogP) is 1.32. The predicted molar refractivity (Wildman–Crippen MR) is 97.9 cm³/mol. The van der Waals surface area contributed by atoms with Crippen LogP contribution in [0.4, 0.5) is 10.5 Å². The summed E-state index contributed by atoms with van der Waals surface area (Å²) in [6, 6.07) is 6.16. The van der Waals surface area contributed by atoms with E-state index in [1.54, 1.807) is 12.1 Å². The second-order valence-electron chi connectivity index (χ2n) is 6.71. The number of hydrogen-bond acceptors (Lipinski definition) is 10. The summed E-state index contributed by atoms with van der Waals surface area (Å²) in [4.78, 5) is 45.8. The number of amides is 1. The first kappa shape index (κ1) is 19.7. The highest BCUT2D eigenvalue weighted by molar-refractivity contribution is 5.91. The largest absolute Gasteiger partial charge is 0.509 e. The molecule has 2 saturated heterocycles. The summed E-state index contributed by atoms with van der Waals surface area (Å²) in [6.07, 6.45) is -4.30.